The smallest absolute Gasteiger partial charge is 0.325 e. The van der Waals surface area contributed by atoms with Crippen LogP contribution in [0.3, 0.4) is 0 Å². The summed E-state index contributed by atoms with van der Waals surface area (Å²) in [5.74, 6) is -0.891. The Balaban J connectivity index is 0.00000169. The maximum Gasteiger partial charge on any atom is 0.325 e. The van der Waals surface area contributed by atoms with Gasteiger partial charge in [0.15, 0.2) is 0 Å². The van der Waals surface area contributed by atoms with Gasteiger partial charge in [0.1, 0.15) is 6.04 Å². The molecule has 1 saturated carbocycles. The van der Waals surface area contributed by atoms with Crippen molar-refractivity contribution >= 4 is 54.9 Å². The Kier molecular flexibility index (Phi) is 12.1. The number of carboxylic acid groups (broad SMARTS) is 1. The molecule has 8 nitrogen and oxygen atoms in total. The molecule has 1 saturated heterocycles. The van der Waals surface area contributed by atoms with Gasteiger partial charge in [0.25, 0.3) is 0 Å². The molecule has 2 aliphatic heterocycles. The summed E-state index contributed by atoms with van der Waals surface area (Å²) < 4.78 is 0. The zero-order chi connectivity index (χ0) is 24.4. The van der Waals surface area contributed by atoms with Gasteiger partial charge in [-0.2, -0.15) is 0 Å². The number of urea groups is 1. The molecule has 1 aliphatic carbocycles. The van der Waals surface area contributed by atoms with Crippen LogP contribution < -0.4 is 10.2 Å². The molecule has 2 amide bonds. The summed E-state index contributed by atoms with van der Waals surface area (Å²) in [5.41, 5.74) is 4.45. The highest BCUT2D eigenvalue weighted by Gasteiger charge is 2.37. The van der Waals surface area contributed by atoms with Crippen LogP contribution in [0.2, 0.25) is 0 Å². The number of aliphatic carboxylic acids is 1. The fraction of sp³-hybridized carbons (Fsp3) is 0.519. The minimum Gasteiger partial charge on any atom is -0.480 e. The Labute approximate surface area is 243 Å². The first-order chi connectivity index (χ1) is 17.0. The predicted octanol–water partition coefficient (Wildman–Crippen LogP) is 4.35. The van der Waals surface area contributed by atoms with Crippen molar-refractivity contribution in [2.45, 2.75) is 56.7 Å². The lowest BCUT2D eigenvalue weighted by Gasteiger charge is -2.35. The van der Waals surface area contributed by atoms with Gasteiger partial charge in [0.2, 0.25) is 0 Å². The largest absolute Gasteiger partial charge is 0.480 e. The number of aromatic nitrogens is 1. The van der Waals surface area contributed by atoms with Crippen molar-refractivity contribution < 1.29 is 14.7 Å². The van der Waals surface area contributed by atoms with Gasteiger partial charge in [0, 0.05) is 56.3 Å². The lowest BCUT2D eigenvalue weighted by atomic mass is 9.89. The van der Waals surface area contributed by atoms with Gasteiger partial charge in [0.05, 0.1) is 0 Å². The van der Waals surface area contributed by atoms with Crippen molar-refractivity contribution in [3.8, 4) is 0 Å². The van der Waals surface area contributed by atoms with E-state index in [0.29, 0.717) is 5.56 Å². The highest BCUT2D eigenvalue weighted by Crippen LogP contribution is 2.31. The van der Waals surface area contributed by atoms with Crippen LogP contribution >= 0.6 is 37.2 Å². The summed E-state index contributed by atoms with van der Waals surface area (Å²) >= 11 is 0. The third-order valence-corrected chi connectivity index (χ3v) is 7.87. The Bertz CT molecular complexity index is 1070. The fourth-order valence-corrected chi connectivity index (χ4v) is 5.77. The van der Waals surface area contributed by atoms with Gasteiger partial charge in [-0.25, -0.2) is 4.79 Å². The van der Waals surface area contributed by atoms with Crippen LogP contribution in [0.4, 0.5) is 10.5 Å². The Hall–Kier alpha value is -2.10. The molecule has 1 atom stereocenters. The summed E-state index contributed by atoms with van der Waals surface area (Å²) in [7, 11) is 2.17. The molecule has 0 spiro atoms. The Morgan fingerprint density at radius 3 is 2.37 bits per heavy atom. The summed E-state index contributed by atoms with van der Waals surface area (Å²) in [6, 6.07) is 9.76. The molecule has 1 aromatic carbocycles. The van der Waals surface area contributed by atoms with Crippen molar-refractivity contribution in [2.75, 3.05) is 38.1 Å². The van der Waals surface area contributed by atoms with E-state index < -0.39 is 12.0 Å². The topological polar surface area (TPSA) is 89.0 Å². The number of fused-ring (bicyclic) bond motifs is 1. The number of hydrogen-bond acceptors (Lipinski definition) is 5. The van der Waals surface area contributed by atoms with Crippen LogP contribution in [0.1, 0.15) is 48.4 Å². The van der Waals surface area contributed by atoms with E-state index in [0.717, 1.165) is 70.4 Å². The van der Waals surface area contributed by atoms with Crippen LogP contribution in [0, 0.1) is 0 Å². The van der Waals surface area contributed by atoms with Crippen LogP contribution in [0.15, 0.2) is 42.7 Å². The Morgan fingerprint density at radius 1 is 1.00 bits per heavy atom. The molecule has 38 heavy (non-hydrogen) atoms. The van der Waals surface area contributed by atoms with E-state index in [1.54, 1.807) is 24.5 Å². The fourth-order valence-electron chi connectivity index (χ4n) is 5.77. The number of anilines is 1. The molecular weight excluding hydrogens is 549 g/mol. The summed E-state index contributed by atoms with van der Waals surface area (Å²) in [6.07, 6.45) is 8.81. The molecule has 1 aromatic heterocycles. The molecule has 3 heterocycles. The molecule has 2 N–H and O–H groups in total. The number of rotatable bonds is 6. The van der Waals surface area contributed by atoms with E-state index in [9.17, 15) is 14.7 Å². The molecule has 1 unspecified atom stereocenters. The number of hydrogen-bond donors (Lipinski definition) is 2. The first-order valence-electron chi connectivity index (χ1n) is 12.8. The lowest BCUT2D eigenvalue weighted by Crippen LogP contribution is -2.46. The Morgan fingerprint density at radius 2 is 1.71 bits per heavy atom. The zero-order valence-electron chi connectivity index (χ0n) is 21.6. The summed E-state index contributed by atoms with van der Waals surface area (Å²) in [4.78, 5) is 35.6. The summed E-state index contributed by atoms with van der Waals surface area (Å²) in [5, 5.41) is 13.0. The van der Waals surface area contributed by atoms with E-state index in [4.69, 9.17) is 0 Å². The van der Waals surface area contributed by atoms with Crippen molar-refractivity contribution in [3.63, 3.8) is 0 Å². The van der Waals surface area contributed by atoms with Crippen molar-refractivity contribution in [3.05, 3.63) is 59.4 Å². The van der Waals surface area contributed by atoms with Gasteiger partial charge in [-0.05, 0) is 80.5 Å². The SMILES string of the molecule is CN1CCc2ccc(N3CCN(C4CCC(NC(C(=O)O)c5cccnc5)CC4)C3=O)cc2CC1.Cl.Cl.Cl. The number of pyridine rings is 1. The normalized spacial score (nSPS) is 22.3. The van der Waals surface area contributed by atoms with Gasteiger partial charge in [-0.3, -0.25) is 20.0 Å². The number of likely N-dealkylation sites (N-methyl/N-ethyl adjacent to an activating group) is 1. The van der Waals surface area contributed by atoms with Crippen LogP contribution in [0.5, 0.6) is 0 Å². The maximum atomic E-state index is 13.4. The summed E-state index contributed by atoms with van der Waals surface area (Å²) in [6.45, 7) is 3.60. The molecule has 11 heteroatoms. The third kappa shape index (κ3) is 7.10. The maximum absolute atomic E-state index is 13.4. The minimum atomic E-state index is -0.891. The van der Waals surface area contributed by atoms with Gasteiger partial charge in [-0.15, -0.1) is 37.2 Å². The predicted molar refractivity (Wildman–Crippen MR) is 156 cm³/mol. The number of benzene rings is 1. The number of halogens is 3. The zero-order valence-corrected chi connectivity index (χ0v) is 24.1. The standard InChI is InChI=1S/C27H35N5O3.3ClH/c1-30-13-10-19-4-7-24(17-20(19)11-14-30)32-16-15-31(27(32)35)23-8-5-22(6-9-23)29-25(26(33)34)21-3-2-12-28-18-21;;;/h2-4,7,12,17-18,22-23,25,29H,5-6,8-11,13-16H2,1H3,(H,33,34);3*1H. The molecule has 210 valence electrons. The number of nitrogens with zero attached hydrogens (tertiary/aromatic N) is 4. The number of carboxylic acids is 1. The second-order valence-corrected chi connectivity index (χ2v) is 10.1. The van der Waals surface area contributed by atoms with E-state index >= 15 is 0 Å². The van der Waals surface area contributed by atoms with Gasteiger partial charge >= 0.3 is 12.0 Å². The van der Waals surface area contributed by atoms with E-state index in [2.05, 4.69) is 40.4 Å². The van der Waals surface area contributed by atoms with Gasteiger partial charge in [-0.1, -0.05) is 12.1 Å². The number of nitrogens with one attached hydrogen (secondary N) is 1. The first-order valence-corrected chi connectivity index (χ1v) is 12.8. The molecule has 5 rings (SSSR count). The molecule has 2 aromatic rings. The average molecular weight is 587 g/mol. The highest BCUT2D eigenvalue weighted by atomic mass is 35.5. The van der Waals surface area contributed by atoms with E-state index in [1.165, 1.54) is 11.1 Å². The van der Waals surface area contributed by atoms with E-state index in [1.807, 2.05) is 9.80 Å². The van der Waals surface area contributed by atoms with Crippen LogP contribution in [0.25, 0.3) is 0 Å². The molecule has 0 radical (unpaired) electrons. The minimum absolute atomic E-state index is 0. The lowest BCUT2D eigenvalue weighted by molar-refractivity contribution is -0.140. The molecular formula is C27H38Cl3N5O3. The van der Waals surface area contributed by atoms with Crippen LogP contribution in [-0.4, -0.2) is 77.2 Å². The molecule has 2 fully saturated rings. The van der Waals surface area contributed by atoms with Crippen molar-refractivity contribution in [2.24, 2.45) is 0 Å². The monoisotopic (exact) mass is 585 g/mol. The average Bonchev–Trinajstić information content (AvgIpc) is 3.16. The van der Waals surface area contributed by atoms with Crippen LogP contribution in [-0.2, 0) is 17.6 Å². The van der Waals surface area contributed by atoms with Crippen molar-refractivity contribution in [1.82, 2.24) is 20.1 Å². The van der Waals surface area contributed by atoms with Crippen molar-refractivity contribution in [1.29, 1.82) is 0 Å². The first kappa shape index (κ1) is 32.1. The van der Waals surface area contributed by atoms with E-state index in [-0.39, 0.29) is 55.3 Å². The number of amides is 2. The molecule has 0 bridgehead atoms. The highest BCUT2D eigenvalue weighted by molar-refractivity contribution is 5.94. The number of carbonyl (C=O) groups is 2. The van der Waals surface area contributed by atoms with Gasteiger partial charge < -0.3 is 14.9 Å². The second kappa shape index (κ2) is 14.3. The second-order valence-electron chi connectivity index (χ2n) is 10.1. The molecule has 3 aliphatic rings. The number of carbonyl (C=O) groups excluding carboxylic acids is 1. The quantitative estimate of drug-likeness (QED) is 0.523. The third-order valence-electron chi connectivity index (χ3n) is 7.87.